The molecule has 1 unspecified atom stereocenters. The molecule has 1 fully saturated rings. The van der Waals surface area contributed by atoms with Crippen LogP contribution < -0.4 is 4.90 Å². The van der Waals surface area contributed by atoms with E-state index in [1.807, 2.05) is 18.2 Å². The Morgan fingerprint density at radius 3 is 2.92 bits per heavy atom. The number of benzene rings is 2. The van der Waals surface area contributed by atoms with Gasteiger partial charge < -0.3 is 14.8 Å². The van der Waals surface area contributed by atoms with E-state index in [-0.39, 0.29) is 17.5 Å². The van der Waals surface area contributed by atoms with E-state index in [9.17, 15) is 9.18 Å². The maximum atomic E-state index is 14.4. The number of para-hydroxylation sites is 1. The fraction of sp³-hybridized carbons (Fsp3) is 0.300. The summed E-state index contributed by atoms with van der Waals surface area (Å²) in [4.78, 5) is 23.8. The molecule has 5 nitrogen and oxygen atoms in total. The van der Waals surface area contributed by atoms with Crippen molar-refractivity contribution >= 4 is 22.6 Å². The standard InChI is InChI=1S/C20H21FN4O/c1-24(15-8-5-9-25(12-15)14-6-3-2-4-7-14)20(26)16-10-18-19(11-17(16)21)23-13-22-18/h2-4,6-7,10-11,13,15H,5,8-9,12H2,1H3,(H,22,23). The first kappa shape index (κ1) is 16.6. The van der Waals surface area contributed by atoms with Crippen molar-refractivity contribution in [1.29, 1.82) is 0 Å². The van der Waals surface area contributed by atoms with Crippen LogP contribution in [0.5, 0.6) is 0 Å². The molecule has 4 rings (SSSR count). The molecule has 1 saturated heterocycles. The van der Waals surface area contributed by atoms with Gasteiger partial charge in [-0.3, -0.25) is 4.79 Å². The number of aromatic amines is 1. The number of aromatic nitrogens is 2. The summed E-state index contributed by atoms with van der Waals surface area (Å²) in [6, 6.07) is 13.1. The molecule has 1 N–H and O–H groups in total. The van der Waals surface area contributed by atoms with Crippen molar-refractivity contribution in [2.24, 2.45) is 0 Å². The van der Waals surface area contributed by atoms with Crippen LogP contribution in [0.3, 0.4) is 0 Å². The predicted molar refractivity (Wildman–Crippen MR) is 99.8 cm³/mol. The van der Waals surface area contributed by atoms with Crippen LogP contribution in [0.4, 0.5) is 10.1 Å². The number of carbonyl (C=O) groups excluding carboxylic acids is 1. The van der Waals surface area contributed by atoms with Crippen molar-refractivity contribution in [3.05, 3.63) is 60.2 Å². The number of amides is 1. The van der Waals surface area contributed by atoms with Gasteiger partial charge in [0.05, 0.1) is 22.9 Å². The number of imidazole rings is 1. The van der Waals surface area contributed by atoms with Gasteiger partial charge in [-0.15, -0.1) is 0 Å². The number of piperidine rings is 1. The summed E-state index contributed by atoms with van der Waals surface area (Å²) in [5.74, 6) is -0.818. The monoisotopic (exact) mass is 352 g/mol. The third-order valence-corrected chi connectivity index (χ3v) is 5.13. The van der Waals surface area contributed by atoms with Crippen LogP contribution in [0, 0.1) is 5.82 Å². The fourth-order valence-corrected chi connectivity index (χ4v) is 3.62. The molecule has 2 aromatic carbocycles. The van der Waals surface area contributed by atoms with E-state index in [2.05, 4.69) is 27.0 Å². The van der Waals surface area contributed by atoms with Crippen molar-refractivity contribution in [1.82, 2.24) is 14.9 Å². The Bertz CT molecular complexity index is 924. The first-order valence-corrected chi connectivity index (χ1v) is 8.83. The smallest absolute Gasteiger partial charge is 0.256 e. The maximum absolute atomic E-state index is 14.4. The number of hydrogen-bond donors (Lipinski definition) is 1. The van der Waals surface area contributed by atoms with Crippen molar-refractivity contribution in [2.75, 3.05) is 25.0 Å². The third-order valence-electron chi connectivity index (χ3n) is 5.13. The van der Waals surface area contributed by atoms with Gasteiger partial charge in [0, 0.05) is 37.9 Å². The zero-order valence-corrected chi connectivity index (χ0v) is 14.7. The number of nitrogens with one attached hydrogen (secondary N) is 1. The van der Waals surface area contributed by atoms with Gasteiger partial charge in [0.2, 0.25) is 0 Å². The van der Waals surface area contributed by atoms with Crippen molar-refractivity contribution in [3.63, 3.8) is 0 Å². The van der Waals surface area contributed by atoms with E-state index < -0.39 is 5.82 Å². The van der Waals surface area contributed by atoms with E-state index in [0.29, 0.717) is 11.0 Å². The average molecular weight is 352 g/mol. The molecule has 0 aliphatic carbocycles. The molecule has 0 radical (unpaired) electrons. The lowest BCUT2D eigenvalue weighted by atomic mass is 10.0. The molecule has 0 saturated carbocycles. The molecular formula is C20H21FN4O. The molecule has 1 amide bonds. The zero-order chi connectivity index (χ0) is 18.1. The van der Waals surface area contributed by atoms with Gasteiger partial charge in [-0.1, -0.05) is 18.2 Å². The molecule has 2 heterocycles. The largest absolute Gasteiger partial charge is 0.369 e. The summed E-state index contributed by atoms with van der Waals surface area (Å²) in [5.41, 5.74) is 2.42. The van der Waals surface area contributed by atoms with Crippen LogP contribution in [0.2, 0.25) is 0 Å². The van der Waals surface area contributed by atoms with Crippen LogP contribution in [0.15, 0.2) is 48.8 Å². The van der Waals surface area contributed by atoms with Gasteiger partial charge in [-0.2, -0.15) is 0 Å². The quantitative estimate of drug-likeness (QED) is 0.786. The van der Waals surface area contributed by atoms with E-state index >= 15 is 0 Å². The maximum Gasteiger partial charge on any atom is 0.256 e. The number of hydrogen-bond acceptors (Lipinski definition) is 3. The third kappa shape index (κ3) is 3.03. The van der Waals surface area contributed by atoms with Gasteiger partial charge >= 0.3 is 0 Å². The SMILES string of the molecule is CN(C(=O)c1cc2nc[nH]c2cc1F)C1CCCN(c2ccccc2)C1. The number of likely N-dealkylation sites (N-methyl/N-ethyl adjacent to an activating group) is 1. The summed E-state index contributed by atoms with van der Waals surface area (Å²) < 4.78 is 14.4. The summed E-state index contributed by atoms with van der Waals surface area (Å²) in [5, 5.41) is 0. The summed E-state index contributed by atoms with van der Waals surface area (Å²) in [6.45, 7) is 1.72. The molecular weight excluding hydrogens is 331 g/mol. The molecule has 0 spiro atoms. The second-order valence-corrected chi connectivity index (χ2v) is 6.75. The Morgan fingerprint density at radius 1 is 1.31 bits per heavy atom. The van der Waals surface area contributed by atoms with Crippen molar-refractivity contribution in [3.8, 4) is 0 Å². The highest BCUT2D eigenvalue weighted by Gasteiger charge is 2.28. The first-order chi connectivity index (χ1) is 12.6. The topological polar surface area (TPSA) is 52.2 Å². The van der Waals surface area contributed by atoms with Crippen LogP contribution in [-0.2, 0) is 0 Å². The lowest BCUT2D eigenvalue weighted by Gasteiger charge is -2.39. The Kier molecular flexibility index (Phi) is 4.32. The summed E-state index contributed by atoms with van der Waals surface area (Å²) in [7, 11) is 1.76. The van der Waals surface area contributed by atoms with Crippen molar-refractivity contribution < 1.29 is 9.18 Å². The number of anilines is 1. The van der Waals surface area contributed by atoms with Crippen LogP contribution in [-0.4, -0.2) is 47.0 Å². The molecule has 134 valence electrons. The molecule has 3 aromatic rings. The van der Waals surface area contributed by atoms with E-state index in [0.717, 1.165) is 31.6 Å². The van der Waals surface area contributed by atoms with Crippen LogP contribution >= 0.6 is 0 Å². The highest BCUT2D eigenvalue weighted by molar-refractivity contribution is 5.97. The Hall–Kier alpha value is -2.89. The van der Waals surface area contributed by atoms with Crippen molar-refractivity contribution in [2.45, 2.75) is 18.9 Å². The van der Waals surface area contributed by atoms with Gasteiger partial charge in [0.15, 0.2) is 0 Å². The fourth-order valence-electron chi connectivity index (χ4n) is 3.62. The van der Waals surface area contributed by atoms with Gasteiger partial charge in [-0.05, 0) is 31.0 Å². The zero-order valence-electron chi connectivity index (χ0n) is 14.7. The number of H-pyrrole nitrogens is 1. The van der Waals surface area contributed by atoms with Crippen LogP contribution in [0.1, 0.15) is 23.2 Å². The Labute approximate surface area is 151 Å². The second kappa shape index (κ2) is 6.78. The summed E-state index contributed by atoms with van der Waals surface area (Å²) >= 11 is 0. The molecule has 26 heavy (non-hydrogen) atoms. The number of rotatable bonds is 3. The minimum absolute atomic E-state index is 0.0470. The van der Waals surface area contributed by atoms with Crippen LogP contribution in [0.25, 0.3) is 11.0 Å². The number of halogens is 1. The Balaban J connectivity index is 1.55. The molecule has 0 bridgehead atoms. The minimum Gasteiger partial charge on any atom is -0.369 e. The molecule has 1 aliphatic heterocycles. The normalized spacial score (nSPS) is 17.5. The van der Waals surface area contributed by atoms with Gasteiger partial charge in [-0.25, -0.2) is 9.37 Å². The number of fused-ring (bicyclic) bond motifs is 1. The van der Waals surface area contributed by atoms with Gasteiger partial charge in [0.1, 0.15) is 5.82 Å². The van der Waals surface area contributed by atoms with E-state index in [4.69, 9.17) is 0 Å². The molecule has 1 aromatic heterocycles. The summed E-state index contributed by atoms with van der Waals surface area (Å²) in [6.07, 6.45) is 3.41. The lowest BCUT2D eigenvalue weighted by Crippen LogP contribution is -2.48. The molecule has 1 atom stereocenters. The number of carbonyl (C=O) groups is 1. The Morgan fingerprint density at radius 2 is 2.12 bits per heavy atom. The highest BCUT2D eigenvalue weighted by atomic mass is 19.1. The molecule has 6 heteroatoms. The molecule has 1 aliphatic rings. The van der Waals surface area contributed by atoms with E-state index in [1.54, 1.807) is 11.9 Å². The predicted octanol–water partition coefficient (Wildman–Crippen LogP) is 3.44. The second-order valence-electron chi connectivity index (χ2n) is 6.75. The number of nitrogens with zero attached hydrogens (tertiary/aromatic N) is 3. The average Bonchev–Trinajstić information content (AvgIpc) is 3.14. The lowest BCUT2D eigenvalue weighted by molar-refractivity contribution is 0.0713. The van der Waals surface area contributed by atoms with Gasteiger partial charge in [0.25, 0.3) is 5.91 Å². The highest BCUT2D eigenvalue weighted by Crippen LogP contribution is 2.24. The first-order valence-electron chi connectivity index (χ1n) is 8.83. The van der Waals surface area contributed by atoms with E-state index in [1.165, 1.54) is 18.5 Å². The minimum atomic E-state index is -0.519.